The Bertz CT molecular complexity index is 257. The van der Waals surface area contributed by atoms with Crippen LogP contribution in [-0.2, 0) is 4.74 Å². The summed E-state index contributed by atoms with van der Waals surface area (Å²) >= 11 is 1.96. The van der Waals surface area contributed by atoms with Crippen LogP contribution in [0.3, 0.4) is 0 Å². The lowest BCUT2D eigenvalue weighted by atomic mass is 9.55. The van der Waals surface area contributed by atoms with Crippen molar-refractivity contribution in [1.29, 1.82) is 0 Å². The Labute approximate surface area is 117 Å². The molecule has 18 heavy (non-hydrogen) atoms. The summed E-state index contributed by atoms with van der Waals surface area (Å²) in [5.74, 6) is 2.09. The number of fused-ring (bicyclic) bond motifs is 1. The molecule has 0 spiro atoms. The van der Waals surface area contributed by atoms with Crippen molar-refractivity contribution in [1.82, 2.24) is 5.32 Å². The molecule has 2 nitrogen and oxygen atoms in total. The van der Waals surface area contributed by atoms with Crippen LogP contribution in [0.5, 0.6) is 0 Å². The van der Waals surface area contributed by atoms with E-state index in [0.29, 0.717) is 17.6 Å². The lowest BCUT2D eigenvalue weighted by molar-refractivity contribution is -0.192. The summed E-state index contributed by atoms with van der Waals surface area (Å²) in [5.41, 5.74) is 0.338. The Morgan fingerprint density at radius 3 is 2.89 bits per heavy atom. The molecule has 2 fully saturated rings. The highest BCUT2D eigenvalue weighted by Crippen LogP contribution is 2.51. The number of nitrogens with one attached hydrogen (secondary N) is 1. The van der Waals surface area contributed by atoms with E-state index in [0.717, 1.165) is 12.5 Å². The molecule has 2 aliphatic rings. The third-order valence-corrected chi connectivity index (χ3v) is 5.42. The topological polar surface area (TPSA) is 21.3 Å². The molecule has 1 heterocycles. The van der Waals surface area contributed by atoms with E-state index in [1.807, 2.05) is 11.8 Å². The average Bonchev–Trinajstić information content (AvgIpc) is 2.37. The van der Waals surface area contributed by atoms with Gasteiger partial charge >= 0.3 is 0 Å². The highest BCUT2D eigenvalue weighted by Gasteiger charge is 2.57. The molecule has 1 saturated carbocycles. The van der Waals surface area contributed by atoms with Crippen LogP contribution in [0.4, 0.5) is 0 Å². The van der Waals surface area contributed by atoms with Crippen molar-refractivity contribution < 1.29 is 4.74 Å². The van der Waals surface area contributed by atoms with Crippen LogP contribution in [-0.4, -0.2) is 37.3 Å². The van der Waals surface area contributed by atoms with Crippen LogP contribution in [0.15, 0.2) is 0 Å². The maximum absolute atomic E-state index is 5.94. The first-order chi connectivity index (χ1) is 8.68. The van der Waals surface area contributed by atoms with Gasteiger partial charge in [-0.15, -0.1) is 0 Å². The SMILES string of the molecule is CSCCCCCNC1C2CCCOC2C1(C)C. The van der Waals surface area contributed by atoms with Gasteiger partial charge in [-0.3, -0.25) is 0 Å². The second kappa shape index (κ2) is 6.62. The van der Waals surface area contributed by atoms with Crippen molar-refractivity contribution >= 4 is 11.8 Å². The Balaban J connectivity index is 1.66. The van der Waals surface area contributed by atoms with Gasteiger partial charge in [0.2, 0.25) is 0 Å². The van der Waals surface area contributed by atoms with Crippen molar-refractivity contribution in [2.24, 2.45) is 11.3 Å². The fourth-order valence-corrected chi connectivity index (χ4v) is 4.24. The number of rotatable bonds is 7. The summed E-state index contributed by atoms with van der Waals surface area (Å²) in [5, 5.41) is 3.80. The molecule has 2 rings (SSSR count). The van der Waals surface area contributed by atoms with Crippen molar-refractivity contribution in [3.8, 4) is 0 Å². The highest BCUT2D eigenvalue weighted by molar-refractivity contribution is 7.98. The maximum atomic E-state index is 5.94. The molecular formula is C15H29NOS. The molecule has 0 radical (unpaired) electrons. The van der Waals surface area contributed by atoms with Crippen LogP contribution >= 0.6 is 11.8 Å². The summed E-state index contributed by atoms with van der Waals surface area (Å²) in [6.07, 6.45) is 9.38. The van der Waals surface area contributed by atoms with Gasteiger partial charge in [-0.2, -0.15) is 11.8 Å². The van der Waals surface area contributed by atoms with E-state index < -0.39 is 0 Å². The van der Waals surface area contributed by atoms with Gasteiger partial charge in [0.05, 0.1) is 6.10 Å². The number of ether oxygens (including phenoxy) is 1. The molecule has 0 aromatic rings. The Hall–Kier alpha value is 0.270. The van der Waals surface area contributed by atoms with Gasteiger partial charge in [-0.05, 0) is 44.2 Å². The number of hydrogen-bond donors (Lipinski definition) is 1. The first-order valence-corrected chi connectivity index (χ1v) is 8.91. The fraction of sp³-hybridized carbons (Fsp3) is 1.00. The molecule has 1 N–H and O–H groups in total. The van der Waals surface area contributed by atoms with E-state index in [1.54, 1.807) is 0 Å². The first kappa shape index (κ1) is 14.7. The zero-order chi connectivity index (χ0) is 13.0. The summed E-state index contributed by atoms with van der Waals surface area (Å²) in [6.45, 7) is 6.90. The van der Waals surface area contributed by atoms with Crippen molar-refractivity contribution in [2.75, 3.05) is 25.2 Å². The van der Waals surface area contributed by atoms with Crippen LogP contribution < -0.4 is 5.32 Å². The zero-order valence-corrected chi connectivity index (χ0v) is 13.0. The van der Waals surface area contributed by atoms with Gasteiger partial charge in [0.25, 0.3) is 0 Å². The molecular weight excluding hydrogens is 242 g/mol. The van der Waals surface area contributed by atoms with Crippen LogP contribution in [0.2, 0.25) is 0 Å². The quantitative estimate of drug-likeness (QED) is 0.718. The lowest BCUT2D eigenvalue weighted by Crippen LogP contribution is -2.69. The van der Waals surface area contributed by atoms with Gasteiger partial charge in [-0.25, -0.2) is 0 Å². The zero-order valence-electron chi connectivity index (χ0n) is 12.2. The van der Waals surface area contributed by atoms with Crippen LogP contribution in [0.1, 0.15) is 46.0 Å². The third-order valence-electron chi connectivity index (χ3n) is 4.72. The second-order valence-electron chi connectivity index (χ2n) is 6.40. The Morgan fingerprint density at radius 2 is 2.11 bits per heavy atom. The minimum atomic E-state index is 0.338. The van der Waals surface area contributed by atoms with E-state index in [-0.39, 0.29) is 0 Å². The fourth-order valence-electron chi connectivity index (χ4n) is 3.74. The number of hydrogen-bond acceptors (Lipinski definition) is 3. The molecule has 1 aliphatic heterocycles. The highest BCUT2D eigenvalue weighted by atomic mass is 32.2. The molecule has 0 bridgehead atoms. The minimum Gasteiger partial charge on any atom is -0.377 e. The second-order valence-corrected chi connectivity index (χ2v) is 7.39. The normalized spacial score (nSPS) is 33.8. The predicted octanol–water partition coefficient (Wildman–Crippen LogP) is 3.31. The van der Waals surface area contributed by atoms with Crippen molar-refractivity contribution in [2.45, 2.75) is 58.1 Å². The van der Waals surface area contributed by atoms with Crippen LogP contribution in [0, 0.1) is 11.3 Å². The molecule has 1 saturated heterocycles. The summed E-state index contributed by atoms with van der Waals surface area (Å²) in [7, 11) is 0. The molecule has 3 heteroatoms. The van der Waals surface area contributed by atoms with E-state index in [4.69, 9.17) is 4.74 Å². The standard InChI is InChI=1S/C15H29NOS/c1-15(2)13(12-8-7-10-17-14(12)15)16-9-5-4-6-11-18-3/h12-14,16H,4-11H2,1-3H3. The minimum absolute atomic E-state index is 0.338. The monoisotopic (exact) mass is 271 g/mol. The number of thioether (sulfide) groups is 1. The Kier molecular flexibility index (Phi) is 5.40. The van der Waals surface area contributed by atoms with Crippen LogP contribution in [0.25, 0.3) is 0 Å². The third kappa shape index (κ3) is 3.05. The van der Waals surface area contributed by atoms with E-state index in [9.17, 15) is 0 Å². The smallest absolute Gasteiger partial charge is 0.0684 e. The molecule has 3 unspecified atom stereocenters. The molecule has 106 valence electrons. The van der Waals surface area contributed by atoms with Crippen molar-refractivity contribution in [3.05, 3.63) is 0 Å². The number of unbranched alkanes of at least 4 members (excludes halogenated alkanes) is 2. The molecule has 3 atom stereocenters. The van der Waals surface area contributed by atoms with Gasteiger partial charge in [-0.1, -0.05) is 20.3 Å². The Morgan fingerprint density at radius 1 is 1.28 bits per heavy atom. The first-order valence-electron chi connectivity index (χ1n) is 7.52. The predicted molar refractivity (Wildman–Crippen MR) is 80.3 cm³/mol. The largest absolute Gasteiger partial charge is 0.377 e. The van der Waals surface area contributed by atoms with Gasteiger partial charge in [0, 0.05) is 24.0 Å². The molecule has 0 amide bonds. The average molecular weight is 271 g/mol. The summed E-state index contributed by atoms with van der Waals surface area (Å²) in [6, 6.07) is 0.684. The summed E-state index contributed by atoms with van der Waals surface area (Å²) < 4.78 is 5.94. The molecule has 0 aromatic carbocycles. The van der Waals surface area contributed by atoms with Crippen molar-refractivity contribution in [3.63, 3.8) is 0 Å². The van der Waals surface area contributed by atoms with Gasteiger partial charge < -0.3 is 10.1 Å². The van der Waals surface area contributed by atoms with E-state index >= 15 is 0 Å². The van der Waals surface area contributed by atoms with E-state index in [1.165, 1.54) is 44.4 Å². The van der Waals surface area contributed by atoms with Gasteiger partial charge in [0.15, 0.2) is 0 Å². The lowest BCUT2D eigenvalue weighted by Gasteiger charge is -2.60. The van der Waals surface area contributed by atoms with Gasteiger partial charge in [0.1, 0.15) is 0 Å². The maximum Gasteiger partial charge on any atom is 0.0684 e. The van der Waals surface area contributed by atoms with E-state index in [2.05, 4.69) is 25.4 Å². The summed E-state index contributed by atoms with van der Waals surface area (Å²) in [4.78, 5) is 0. The molecule has 1 aliphatic carbocycles. The molecule has 0 aromatic heterocycles.